The molecule has 1 saturated carbocycles. The molecule has 130 valence electrons. The Labute approximate surface area is 151 Å². The van der Waals surface area contributed by atoms with Crippen LogP contribution in [0.1, 0.15) is 41.7 Å². The summed E-state index contributed by atoms with van der Waals surface area (Å²) < 4.78 is 5.57. The summed E-state index contributed by atoms with van der Waals surface area (Å²) in [6.45, 7) is 1.43. The standard InChI is InChI=1S/C21H18N2O3/c1-13(24)22-15-5-4-6-16(11-15)26-21(25)18-12-20(14-9-10-14)23-19-8-3-2-7-17(18)19/h2-8,11-12,14H,9-10H2,1H3,(H,22,24). The molecule has 1 aliphatic rings. The van der Waals surface area contributed by atoms with Crippen molar-refractivity contribution in [1.82, 2.24) is 4.98 Å². The highest BCUT2D eigenvalue weighted by Gasteiger charge is 2.27. The number of benzene rings is 2. The highest BCUT2D eigenvalue weighted by Crippen LogP contribution is 2.40. The van der Waals surface area contributed by atoms with Crippen LogP contribution in [0.3, 0.4) is 0 Å². The smallest absolute Gasteiger partial charge is 0.344 e. The van der Waals surface area contributed by atoms with Crippen LogP contribution in [-0.4, -0.2) is 16.9 Å². The van der Waals surface area contributed by atoms with Gasteiger partial charge in [-0.3, -0.25) is 9.78 Å². The third-order valence-corrected chi connectivity index (χ3v) is 4.32. The van der Waals surface area contributed by atoms with Gasteiger partial charge in [0.05, 0.1) is 11.1 Å². The van der Waals surface area contributed by atoms with E-state index in [1.165, 1.54) is 6.92 Å². The van der Waals surface area contributed by atoms with E-state index in [-0.39, 0.29) is 5.91 Å². The fourth-order valence-corrected chi connectivity index (χ4v) is 2.96. The summed E-state index contributed by atoms with van der Waals surface area (Å²) >= 11 is 0. The van der Waals surface area contributed by atoms with Gasteiger partial charge in [0, 0.05) is 35.7 Å². The van der Waals surface area contributed by atoms with Gasteiger partial charge in [0.25, 0.3) is 0 Å². The molecule has 1 aliphatic carbocycles. The van der Waals surface area contributed by atoms with Crippen LogP contribution in [-0.2, 0) is 4.79 Å². The first-order valence-electron chi connectivity index (χ1n) is 8.59. The van der Waals surface area contributed by atoms with Gasteiger partial charge >= 0.3 is 5.97 Å². The first-order chi connectivity index (χ1) is 12.6. The van der Waals surface area contributed by atoms with E-state index in [9.17, 15) is 9.59 Å². The second kappa shape index (κ2) is 6.59. The van der Waals surface area contributed by atoms with Gasteiger partial charge in [-0.2, -0.15) is 0 Å². The molecule has 0 saturated heterocycles. The Kier molecular flexibility index (Phi) is 4.13. The van der Waals surface area contributed by atoms with E-state index in [2.05, 4.69) is 10.3 Å². The SMILES string of the molecule is CC(=O)Nc1cccc(OC(=O)c2cc(C3CC3)nc3ccccc23)c1. The van der Waals surface area contributed by atoms with E-state index in [1.807, 2.05) is 30.3 Å². The molecule has 0 aliphatic heterocycles. The topological polar surface area (TPSA) is 68.3 Å². The summed E-state index contributed by atoms with van der Waals surface area (Å²) in [5.74, 6) is 0.220. The minimum absolute atomic E-state index is 0.178. The van der Waals surface area contributed by atoms with E-state index in [4.69, 9.17) is 4.74 Å². The van der Waals surface area contributed by atoms with Crippen molar-refractivity contribution >= 4 is 28.5 Å². The Morgan fingerprint density at radius 1 is 1.08 bits per heavy atom. The normalized spacial score (nSPS) is 13.4. The first-order valence-corrected chi connectivity index (χ1v) is 8.59. The van der Waals surface area contributed by atoms with E-state index in [0.29, 0.717) is 22.9 Å². The largest absolute Gasteiger partial charge is 0.423 e. The number of nitrogens with zero attached hydrogens (tertiary/aromatic N) is 1. The predicted octanol–water partition coefficient (Wildman–Crippen LogP) is 4.29. The molecular formula is C21H18N2O3. The van der Waals surface area contributed by atoms with Crippen molar-refractivity contribution in [2.24, 2.45) is 0 Å². The zero-order valence-electron chi connectivity index (χ0n) is 14.4. The number of hydrogen-bond donors (Lipinski definition) is 1. The van der Waals surface area contributed by atoms with Gasteiger partial charge in [0.15, 0.2) is 0 Å². The molecule has 1 aromatic heterocycles. The molecule has 1 heterocycles. The molecule has 3 aromatic rings. The van der Waals surface area contributed by atoms with Crippen LogP contribution in [0.15, 0.2) is 54.6 Å². The third-order valence-electron chi connectivity index (χ3n) is 4.32. The number of carbonyl (C=O) groups excluding carboxylic acids is 2. The van der Waals surface area contributed by atoms with Gasteiger partial charge < -0.3 is 10.1 Å². The number of aromatic nitrogens is 1. The van der Waals surface area contributed by atoms with Crippen molar-refractivity contribution in [2.75, 3.05) is 5.32 Å². The van der Waals surface area contributed by atoms with Crippen molar-refractivity contribution in [3.8, 4) is 5.75 Å². The van der Waals surface area contributed by atoms with Crippen molar-refractivity contribution in [3.05, 3.63) is 65.9 Å². The number of hydrogen-bond acceptors (Lipinski definition) is 4. The summed E-state index contributed by atoms with van der Waals surface area (Å²) in [4.78, 5) is 28.7. The van der Waals surface area contributed by atoms with Gasteiger partial charge in [-0.05, 0) is 37.1 Å². The summed E-state index contributed by atoms with van der Waals surface area (Å²) in [7, 11) is 0. The zero-order valence-corrected chi connectivity index (χ0v) is 14.4. The number of carbonyl (C=O) groups is 2. The van der Waals surface area contributed by atoms with Crippen LogP contribution >= 0.6 is 0 Å². The minimum Gasteiger partial charge on any atom is -0.423 e. The molecule has 0 spiro atoms. The van der Waals surface area contributed by atoms with E-state index in [1.54, 1.807) is 24.3 Å². The van der Waals surface area contributed by atoms with E-state index < -0.39 is 5.97 Å². The van der Waals surface area contributed by atoms with Gasteiger partial charge in [0.2, 0.25) is 5.91 Å². The molecule has 0 unspecified atom stereocenters. The van der Waals surface area contributed by atoms with Crippen molar-refractivity contribution in [2.45, 2.75) is 25.7 Å². The molecule has 0 bridgehead atoms. The third kappa shape index (κ3) is 3.42. The summed E-state index contributed by atoms with van der Waals surface area (Å²) in [5, 5.41) is 3.46. The molecular weight excluding hydrogens is 328 g/mol. The van der Waals surface area contributed by atoms with Gasteiger partial charge in [-0.25, -0.2) is 4.79 Å². The molecule has 0 radical (unpaired) electrons. The molecule has 26 heavy (non-hydrogen) atoms. The molecule has 4 rings (SSSR count). The maximum absolute atomic E-state index is 12.8. The molecule has 0 atom stereocenters. The lowest BCUT2D eigenvalue weighted by atomic mass is 10.1. The molecule has 5 heteroatoms. The number of fused-ring (bicyclic) bond motifs is 1. The molecule has 5 nitrogen and oxygen atoms in total. The monoisotopic (exact) mass is 346 g/mol. The van der Waals surface area contributed by atoms with Crippen molar-refractivity contribution in [1.29, 1.82) is 0 Å². The average Bonchev–Trinajstić information content (AvgIpc) is 3.45. The number of ether oxygens (including phenoxy) is 1. The van der Waals surface area contributed by atoms with Crippen LogP contribution in [0.25, 0.3) is 10.9 Å². The summed E-state index contributed by atoms with van der Waals surface area (Å²) in [6, 6.07) is 16.2. The lowest BCUT2D eigenvalue weighted by Crippen LogP contribution is -2.11. The van der Waals surface area contributed by atoms with Gasteiger partial charge in [-0.15, -0.1) is 0 Å². The number of pyridine rings is 1. The lowest BCUT2D eigenvalue weighted by molar-refractivity contribution is -0.114. The maximum Gasteiger partial charge on any atom is 0.344 e. The maximum atomic E-state index is 12.8. The minimum atomic E-state index is -0.425. The fourth-order valence-electron chi connectivity index (χ4n) is 2.96. The van der Waals surface area contributed by atoms with Crippen LogP contribution in [0.5, 0.6) is 5.75 Å². The number of para-hydroxylation sites is 1. The van der Waals surface area contributed by atoms with E-state index >= 15 is 0 Å². The molecule has 1 amide bonds. The summed E-state index contributed by atoms with van der Waals surface area (Å²) in [5.41, 5.74) is 2.85. The number of nitrogens with one attached hydrogen (secondary N) is 1. The highest BCUT2D eigenvalue weighted by molar-refractivity contribution is 6.04. The molecule has 2 aromatic carbocycles. The Morgan fingerprint density at radius 2 is 1.88 bits per heavy atom. The predicted molar refractivity (Wildman–Crippen MR) is 99.4 cm³/mol. The number of esters is 1. The molecule has 1 N–H and O–H groups in total. The second-order valence-corrected chi connectivity index (χ2v) is 6.48. The van der Waals surface area contributed by atoms with Crippen molar-refractivity contribution in [3.63, 3.8) is 0 Å². The number of amides is 1. The zero-order chi connectivity index (χ0) is 18.1. The van der Waals surface area contributed by atoms with Gasteiger partial charge in [0.1, 0.15) is 5.75 Å². The van der Waals surface area contributed by atoms with E-state index in [0.717, 1.165) is 29.4 Å². The number of rotatable bonds is 4. The number of anilines is 1. The van der Waals surface area contributed by atoms with Crippen LogP contribution in [0.2, 0.25) is 0 Å². The fraction of sp³-hybridized carbons (Fsp3) is 0.190. The summed E-state index contributed by atoms with van der Waals surface area (Å²) in [6.07, 6.45) is 2.22. The van der Waals surface area contributed by atoms with Crippen LogP contribution < -0.4 is 10.1 Å². The van der Waals surface area contributed by atoms with Crippen LogP contribution in [0.4, 0.5) is 5.69 Å². The first kappa shape index (κ1) is 16.3. The highest BCUT2D eigenvalue weighted by atomic mass is 16.5. The van der Waals surface area contributed by atoms with Gasteiger partial charge in [-0.1, -0.05) is 24.3 Å². The Morgan fingerprint density at radius 3 is 2.65 bits per heavy atom. The van der Waals surface area contributed by atoms with Crippen LogP contribution in [0, 0.1) is 0 Å². The Hall–Kier alpha value is -3.21. The quantitative estimate of drug-likeness (QED) is 0.565. The lowest BCUT2D eigenvalue weighted by Gasteiger charge is -2.10. The molecule has 1 fully saturated rings. The Balaban J connectivity index is 1.67. The van der Waals surface area contributed by atoms with Crippen molar-refractivity contribution < 1.29 is 14.3 Å². The average molecular weight is 346 g/mol. The second-order valence-electron chi connectivity index (χ2n) is 6.48. The Bertz CT molecular complexity index is 1010.